The van der Waals surface area contributed by atoms with E-state index in [4.69, 9.17) is 5.11 Å². The number of aryl methyl sites for hydroxylation is 1. The number of nitro groups is 1. The lowest BCUT2D eigenvalue weighted by Crippen LogP contribution is -2.11. The van der Waals surface area contributed by atoms with Crippen LogP contribution in [0.5, 0.6) is 0 Å². The van der Waals surface area contributed by atoms with Gasteiger partial charge in [0.1, 0.15) is 0 Å². The Morgan fingerprint density at radius 1 is 1.57 bits per heavy atom. The van der Waals surface area contributed by atoms with Gasteiger partial charge in [0.25, 0.3) is 0 Å². The number of pyridine rings is 1. The van der Waals surface area contributed by atoms with Crippen LogP contribution in [0.3, 0.4) is 0 Å². The van der Waals surface area contributed by atoms with Crippen LogP contribution in [-0.2, 0) is 13.5 Å². The zero-order chi connectivity index (χ0) is 15.4. The number of carboxylic acid groups (broad SMARTS) is 1. The van der Waals surface area contributed by atoms with Crippen LogP contribution in [0.1, 0.15) is 16.1 Å². The predicted molar refractivity (Wildman–Crippen MR) is 73.3 cm³/mol. The van der Waals surface area contributed by atoms with E-state index in [1.807, 2.05) is 6.07 Å². The van der Waals surface area contributed by atoms with Gasteiger partial charge in [-0.25, -0.2) is 9.78 Å². The van der Waals surface area contributed by atoms with Crippen LogP contribution >= 0.6 is 0 Å². The van der Waals surface area contributed by atoms with Gasteiger partial charge in [-0.15, -0.1) is 0 Å². The van der Waals surface area contributed by atoms with Gasteiger partial charge in [-0.05, 0) is 6.07 Å². The van der Waals surface area contributed by atoms with Gasteiger partial charge in [0.05, 0.1) is 10.5 Å². The second-order valence-electron chi connectivity index (χ2n) is 4.28. The minimum atomic E-state index is -1.26. The van der Waals surface area contributed by atoms with Crippen LogP contribution in [0.2, 0.25) is 0 Å². The van der Waals surface area contributed by atoms with E-state index < -0.39 is 10.9 Å². The van der Waals surface area contributed by atoms with E-state index in [-0.39, 0.29) is 17.1 Å². The van der Waals surface area contributed by atoms with E-state index in [0.29, 0.717) is 13.0 Å². The van der Waals surface area contributed by atoms with E-state index in [0.717, 1.165) is 18.0 Å². The largest absolute Gasteiger partial charge is 0.478 e. The smallest absolute Gasteiger partial charge is 0.337 e. The molecule has 0 amide bonds. The van der Waals surface area contributed by atoms with Crippen LogP contribution in [0.4, 0.5) is 11.5 Å². The maximum absolute atomic E-state index is 11.0. The summed E-state index contributed by atoms with van der Waals surface area (Å²) >= 11 is 0. The average molecular weight is 291 g/mol. The van der Waals surface area contributed by atoms with Crippen molar-refractivity contribution in [1.82, 2.24) is 14.8 Å². The highest BCUT2D eigenvalue weighted by molar-refractivity contribution is 5.88. The molecule has 0 fully saturated rings. The van der Waals surface area contributed by atoms with Crippen molar-refractivity contribution in [1.29, 1.82) is 0 Å². The summed E-state index contributed by atoms with van der Waals surface area (Å²) in [5.41, 5.74) is 0.381. The lowest BCUT2D eigenvalue weighted by Gasteiger charge is -2.07. The highest BCUT2D eigenvalue weighted by Crippen LogP contribution is 2.22. The molecule has 0 saturated carbocycles. The molecule has 9 nitrogen and oxygen atoms in total. The van der Waals surface area contributed by atoms with Crippen molar-refractivity contribution in [2.45, 2.75) is 6.42 Å². The number of carbonyl (C=O) groups is 1. The lowest BCUT2D eigenvalue weighted by molar-refractivity contribution is -0.384. The van der Waals surface area contributed by atoms with Gasteiger partial charge in [-0.3, -0.25) is 14.8 Å². The highest BCUT2D eigenvalue weighted by atomic mass is 16.6. The van der Waals surface area contributed by atoms with Gasteiger partial charge >= 0.3 is 11.7 Å². The summed E-state index contributed by atoms with van der Waals surface area (Å²) in [6.45, 7) is 0.416. The molecular formula is C12H13N5O4. The fourth-order valence-corrected chi connectivity index (χ4v) is 1.80. The Balaban J connectivity index is 2.10. The molecule has 2 rings (SSSR count). The summed E-state index contributed by atoms with van der Waals surface area (Å²) in [5.74, 6) is -1.21. The first-order chi connectivity index (χ1) is 9.99. The first-order valence-electron chi connectivity index (χ1n) is 6.07. The molecule has 0 spiro atoms. The lowest BCUT2D eigenvalue weighted by atomic mass is 10.2. The Morgan fingerprint density at radius 2 is 2.33 bits per heavy atom. The summed E-state index contributed by atoms with van der Waals surface area (Å²) in [7, 11) is 1.80. The maximum Gasteiger partial charge on any atom is 0.337 e. The zero-order valence-electron chi connectivity index (χ0n) is 11.2. The molecule has 2 N–H and O–H groups in total. The monoisotopic (exact) mass is 291 g/mol. The van der Waals surface area contributed by atoms with E-state index in [9.17, 15) is 14.9 Å². The van der Waals surface area contributed by atoms with Crippen LogP contribution in [0.15, 0.2) is 24.5 Å². The Morgan fingerprint density at radius 3 is 2.90 bits per heavy atom. The quantitative estimate of drug-likeness (QED) is 0.602. The molecule has 110 valence electrons. The van der Waals surface area contributed by atoms with Gasteiger partial charge in [0, 0.05) is 44.2 Å². The number of hydrogen-bond donors (Lipinski definition) is 2. The molecule has 2 aromatic rings. The molecule has 9 heteroatoms. The van der Waals surface area contributed by atoms with Gasteiger partial charge in [-0.2, -0.15) is 5.10 Å². The third-order valence-corrected chi connectivity index (χ3v) is 2.91. The van der Waals surface area contributed by atoms with Crippen molar-refractivity contribution in [2.24, 2.45) is 7.05 Å². The molecular weight excluding hydrogens is 278 g/mol. The van der Waals surface area contributed by atoms with Gasteiger partial charge in [0.2, 0.25) is 5.82 Å². The van der Waals surface area contributed by atoms with Crippen molar-refractivity contribution in [3.63, 3.8) is 0 Å². The summed E-state index contributed by atoms with van der Waals surface area (Å²) in [5, 5.41) is 26.6. The molecule has 0 aliphatic heterocycles. The fourth-order valence-electron chi connectivity index (χ4n) is 1.80. The van der Waals surface area contributed by atoms with Crippen LogP contribution in [-0.4, -0.2) is 37.3 Å². The molecule has 0 saturated heterocycles. The van der Waals surface area contributed by atoms with Crippen LogP contribution in [0, 0.1) is 10.1 Å². The van der Waals surface area contributed by atoms with Crippen molar-refractivity contribution in [2.75, 3.05) is 11.9 Å². The molecule has 0 bridgehead atoms. The summed E-state index contributed by atoms with van der Waals surface area (Å²) in [4.78, 5) is 24.9. The summed E-state index contributed by atoms with van der Waals surface area (Å²) < 4.78 is 1.71. The first-order valence-corrected chi connectivity index (χ1v) is 6.07. The van der Waals surface area contributed by atoms with E-state index in [1.54, 1.807) is 17.9 Å². The number of rotatable bonds is 6. The normalized spacial score (nSPS) is 10.3. The molecule has 0 radical (unpaired) electrons. The SMILES string of the molecule is Cn1nccc1CCNc1ncc(C(=O)O)cc1[N+](=O)[O-]. The van der Waals surface area contributed by atoms with Crippen molar-refractivity contribution < 1.29 is 14.8 Å². The number of nitrogens with one attached hydrogen (secondary N) is 1. The van der Waals surface area contributed by atoms with E-state index in [1.165, 1.54) is 0 Å². The molecule has 21 heavy (non-hydrogen) atoms. The molecule has 0 aliphatic carbocycles. The van der Waals surface area contributed by atoms with Crippen LogP contribution < -0.4 is 5.32 Å². The molecule has 0 aromatic carbocycles. The highest BCUT2D eigenvalue weighted by Gasteiger charge is 2.18. The van der Waals surface area contributed by atoms with Gasteiger partial charge in [-0.1, -0.05) is 0 Å². The van der Waals surface area contributed by atoms with Crippen LogP contribution in [0.25, 0.3) is 0 Å². The number of anilines is 1. The Hall–Kier alpha value is -2.97. The first kappa shape index (κ1) is 14.4. The Bertz CT molecular complexity index is 682. The van der Waals surface area contributed by atoms with Crippen molar-refractivity contribution in [3.8, 4) is 0 Å². The third kappa shape index (κ3) is 3.32. The van der Waals surface area contributed by atoms with E-state index >= 15 is 0 Å². The number of hydrogen-bond acceptors (Lipinski definition) is 6. The number of aromatic nitrogens is 3. The van der Waals surface area contributed by atoms with E-state index in [2.05, 4.69) is 15.4 Å². The zero-order valence-corrected chi connectivity index (χ0v) is 11.2. The van der Waals surface area contributed by atoms with Crippen molar-refractivity contribution in [3.05, 3.63) is 45.9 Å². The minimum Gasteiger partial charge on any atom is -0.478 e. The predicted octanol–water partition coefficient (Wildman–Crippen LogP) is 1.08. The van der Waals surface area contributed by atoms with Crippen molar-refractivity contribution >= 4 is 17.5 Å². The third-order valence-electron chi connectivity index (χ3n) is 2.91. The standard InChI is InChI=1S/C12H13N5O4/c1-16-9(3-5-15-16)2-4-13-11-10(17(20)21)6-8(7-14-11)12(18)19/h3,5-7H,2,4H2,1H3,(H,13,14)(H,18,19). The molecule has 0 atom stereocenters. The average Bonchev–Trinajstić information content (AvgIpc) is 2.84. The number of carboxylic acids is 1. The Labute approximate surface area is 119 Å². The minimum absolute atomic E-state index is 0.0483. The second kappa shape index (κ2) is 5.99. The second-order valence-corrected chi connectivity index (χ2v) is 4.28. The summed E-state index contributed by atoms with van der Waals surface area (Å²) in [6.07, 6.45) is 3.36. The number of aromatic carboxylic acids is 1. The van der Waals surface area contributed by atoms with Gasteiger partial charge < -0.3 is 10.4 Å². The summed E-state index contributed by atoms with van der Waals surface area (Å²) in [6, 6.07) is 2.83. The molecule has 2 heterocycles. The topological polar surface area (TPSA) is 123 Å². The molecule has 2 aromatic heterocycles. The fraction of sp³-hybridized carbons (Fsp3) is 0.250. The Kier molecular flexibility index (Phi) is 4.12. The molecule has 0 aliphatic rings. The van der Waals surface area contributed by atoms with Gasteiger partial charge in [0.15, 0.2) is 0 Å². The molecule has 0 unspecified atom stereocenters. The number of nitrogens with zero attached hydrogens (tertiary/aromatic N) is 4. The maximum atomic E-state index is 11.0.